The molecule has 0 saturated heterocycles. The Morgan fingerprint density at radius 2 is 1.80 bits per heavy atom. The molecule has 110 valence electrons. The SMILES string of the molecule is CCC1CCC(C2(O)CCC(C)c3ccccc32)CC1. The molecule has 0 aliphatic heterocycles. The fourth-order valence-electron chi connectivity index (χ4n) is 4.52. The summed E-state index contributed by atoms with van der Waals surface area (Å²) in [6, 6.07) is 8.62. The van der Waals surface area contributed by atoms with Gasteiger partial charge in [-0.15, -0.1) is 0 Å². The first kappa shape index (κ1) is 14.1. The Bertz CT molecular complexity index is 459. The minimum absolute atomic E-state index is 0.471. The summed E-state index contributed by atoms with van der Waals surface area (Å²) in [4.78, 5) is 0. The first-order valence-electron chi connectivity index (χ1n) is 8.47. The lowest BCUT2D eigenvalue weighted by Gasteiger charge is -2.45. The molecule has 0 spiro atoms. The third-order valence-corrected chi connectivity index (χ3v) is 6.02. The highest BCUT2D eigenvalue weighted by atomic mass is 16.3. The number of hydrogen-bond donors (Lipinski definition) is 1. The van der Waals surface area contributed by atoms with E-state index in [1.165, 1.54) is 43.2 Å². The average molecular weight is 272 g/mol. The molecular weight excluding hydrogens is 244 g/mol. The Kier molecular flexibility index (Phi) is 3.90. The van der Waals surface area contributed by atoms with E-state index in [-0.39, 0.29) is 0 Å². The van der Waals surface area contributed by atoms with Crippen LogP contribution in [0.4, 0.5) is 0 Å². The molecule has 1 N–H and O–H groups in total. The maximum absolute atomic E-state index is 11.4. The number of hydrogen-bond acceptors (Lipinski definition) is 1. The van der Waals surface area contributed by atoms with E-state index in [1.807, 2.05) is 0 Å². The van der Waals surface area contributed by atoms with Crippen LogP contribution in [-0.2, 0) is 5.60 Å². The number of aliphatic hydroxyl groups is 1. The molecule has 0 aromatic heterocycles. The zero-order chi connectivity index (χ0) is 14.2. The molecule has 1 fully saturated rings. The summed E-state index contributed by atoms with van der Waals surface area (Å²) >= 11 is 0. The monoisotopic (exact) mass is 272 g/mol. The molecule has 1 nitrogen and oxygen atoms in total. The maximum Gasteiger partial charge on any atom is 0.0927 e. The predicted octanol–water partition coefficient (Wildman–Crippen LogP) is 4.99. The van der Waals surface area contributed by atoms with E-state index >= 15 is 0 Å². The summed E-state index contributed by atoms with van der Waals surface area (Å²) in [5, 5.41) is 11.4. The van der Waals surface area contributed by atoms with Gasteiger partial charge in [0, 0.05) is 0 Å². The fourth-order valence-corrected chi connectivity index (χ4v) is 4.52. The summed E-state index contributed by atoms with van der Waals surface area (Å²) < 4.78 is 0. The van der Waals surface area contributed by atoms with Gasteiger partial charge in [-0.2, -0.15) is 0 Å². The fraction of sp³-hybridized carbons (Fsp3) is 0.684. The first-order chi connectivity index (χ1) is 9.65. The van der Waals surface area contributed by atoms with Crippen LogP contribution >= 0.6 is 0 Å². The van der Waals surface area contributed by atoms with Crippen molar-refractivity contribution in [1.82, 2.24) is 0 Å². The van der Waals surface area contributed by atoms with Crippen LogP contribution in [0.3, 0.4) is 0 Å². The number of fused-ring (bicyclic) bond motifs is 1. The van der Waals surface area contributed by atoms with Gasteiger partial charge in [0.2, 0.25) is 0 Å². The van der Waals surface area contributed by atoms with E-state index in [0.717, 1.165) is 18.8 Å². The second kappa shape index (κ2) is 5.52. The van der Waals surface area contributed by atoms with Crippen molar-refractivity contribution >= 4 is 0 Å². The summed E-state index contributed by atoms with van der Waals surface area (Å²) in [7, 11) is 0. The van der Waals surface area contributed by atoms with Crippen molar-refractivity contribution in [1.29, 1.82) is 0 Å². The molecule has 0 radical (unpaired) electrons. The molecule has 1 saturated carbocycles. The van der Waals surface area contributed by atoms with Gasteiger partial charge in [0.15, 0.2) is 0 Å². The molecule has 1 heteroatoms. The third kappa shape index (κ3) is 2.30. The van der Waals surface area contributed by atoms with E-state index < -0.39 is 5.60 Å². The minimum atomic E-state index is -0.554. The molecule has 0 amide bonds. The average Bonchev–Trinajstić information content (AvgIpc) is 2.51. The van der Waals surface area contributed by atoms with Crippen molar-refractivity contribution in [3.8, 4) is 0 Å². The molecule has 20 heavy (non-hydrogen) atoms. The quantitative estimate of drug-likeness (QED) is 0.804. The van der Waals surface area contributed by atoms with Gasteiger partial charge in [-0.1, -0.05) is 57.4 Å². The van der Waals surface area contributed by atoms with E-state index in [0.29, 0.717) is 11.8 Å². The smallest absolute Gasteiger partial charge is 0.0927 e. The van der Waals surface area contributed by atoms with Crippen LogP contribution in [0.2, 0.25) is 0 Å². The van der Waals surface area contributed by atoms with Crippen LogP contribution in [0.1, 0.15) is 75.8 Å². The standard InChI is InChI=1S/C19H28O/c1-3-15-8-10-16(11-9-15)19(20)13-12-14(2)17-6-4-5-7-18(17)19/h4-7,14-16,20H,3,8-13H2,1-2H3. The molecule has 1 aromatic carbocycles. The van der Waals surface area contributed by atoms with Gasteiger partial charge in [0.05, 0.1) is 5.60 Å². The zero-order valence-electron chi connectivity index (χ0n) is 12.9. The van der Waals surface area contributed by atoms with E-state index in [9.17, 15) is 5.11 Å². The largest absolute Gasteiger partial charge is 0.385 e. The Morgan fingerprint density at radius 1 is 1.10 bits per heavy atom. The van der Waals surface area contributed by atoms with Crippen LogP contribution in [0.25, 0.3) is 0 Å². The second-order valence-electron chi connectivity index (χ2n) is 7.08. The Morgan fingerprint density at radius 3 is 2.50 bits per heavy atom. The topological polar surface area (TPSA) is 20.2 Å². The lowest BCUT2D eigenvalue weighted by atomic mass is 9.64. The highest BCUT2D eigenvalue weighted by Crippen LogP contribution is 2.50. The zero-order valence-corrected chi connectivity index (χ0v) is 12.9. The maximum atomic E-state index is 11.4. The van der Waals surface area contributed by atoms with Crippen molar-refractivity contribution in [2.24, 2.45) is 11.8 Å². The minimum Gasteiger partial charge on any atom is -0.385 e. The predicted molar refractivity (Wildman–Crippen MR) is 83.7 cm³/mol. The Balaban J connectivity index is 1.87. The second-order valence-corrected chi connectivity index (χ2v) is 7.08. The Labute approximate surface area is 123 Å². The molecular formula is C19H28O. The van der Waals surface area contributed by atoms with E-state index in [2.05, 4.69) is 38.1 Å². The molecule has 2 aliphatic carbocycles. The van der Waals surface area contributed by atoms with Gasteiger partial charge in [0.25, 0.3) is 0 Å². The molecule has 0 bridgehead atoms. The first-order valence-corrected chi connectivity index (χ1v) is 8.47. The van der Waals surface area contributed by atoms with Crippen molar-refractivity contribution < 1.29 is 5.11 Å². The van der Waals surface area contributed by atoms with Crippen LogP contribution in [0, 0.1) is 11.8 Å². The molecule has 0 heterocycles. The molecule has 2 aliphatic rings. The van der Waals surface area contributed by atoms with Gasteiger partial charge in [0.1, 0.15) is 0 Å². The summed E-state index contributed by atoms with van der Waals surface area (Å²) in [6.45, 7) is 4.60. The van der Waals surface area contributed by atoms with Gasteiger partial charge >= 0.3 is 0 Å². The molecule has 2 unspecified atom stereocenters. The van der Waals surface area contributed by atoms with E-state index in [4.69, 9.17) is 0 Å². The Hall–Kier alpha value is -0.820. The highest BCUT2D eigenvalue weighted by Gasteiger charge is 2.43. The van der Waals surface area contributed by atoms with Crippen LogP contribution in [0.15, 0.2) is 24.3 Å². The number of benzene rings is 1. The lowest BCUT2D eigenvalue weighted by molar-refractivity contribution is -0.0597. The van der Waals surface area contributed by atoms with Gasteiger partial charge in [-0.3, -0.25) is 0 Å². The lowest BCUT2D eigenvalue weighted by Crippen LogP contribution is -2.41. The van der Waals surface area contributed by atoms with Gasteiger partial charge in [-0.25, -0.2) is 0 Å². The number of rotatable bonds is 2. The van der Waals surface area contributed by atoms with Crippen molar-refractivity contribution in [3.05, 3.63) is 35.4 Å². The van der Waals surface area contributed by atoms with Crippen LogP contribution in [-0.4, -0.2) is 5.11 Å². The van der Waals surface area contributed by atoms with Crippen molar-refractivity contribution in [2.45, 2.75) is 70.3 Å². The van der Waals surface area contributed by atoms with Crippen molar-refractivity contribution in [2.75, 3.05) is 0 Å². The highest BCUT2D eigenvalue weighted by molar-refractivity contribution is 5.37. The van der Waals surface area contributed by atoms with Gasteiger partial charge < -0.3 is 5.11 Å². The van der Waals surface area contributed by atoms with E-state index in [1.54, 1.807) is 0 Å². The summed E-state index contributed by atoms with van der Waals surface area (Å²) in [5.41, 5.74) is 2.07. The van der Waals surface area contributed by atoms with Gasteiger partial charge in [-0.05, 0) is 54.6 Å². The summed E-state index contributed by atoms with van der Waals surface area (Å²) in [5.74, 6) is 1.96. The molecule has 2 atom stereocenters. The normalized spacial score (nSPS) is 37.5. The third-order valence-electron chi connectivity index (χ3n) is 6.02. The molecule has 3 rings (SSSR count). The van der Waals surface area contributed by atoms with Crippen LogP contribution < -0.4 is 0 Å². The summed E-state index contributed by atoms with van der Waals surface area (Å²) in [6.07, 6.45) is 8.41. The molecule has 1 aromatic rings. The van der Waals surface area contributed by atoms with Crippen LogP contribution in [0.5, 0.6) is 0 Å². The van der Waals surface area contributed by atoms with Crippen molar-refractivity contribution in [3.63, 3.8) is 0 Å².